The van der Waals surface area contributed by atoms with E-state index in [0.29, 0.717) is 31.2 Å². The van der Waals surface area contributed by atoms with Crippen LogP contribution in [0.3, 0.4) is 0 Å². The molecule has 2 aromatic rings. The van der Waals surface area contributed by atoms with Crippen molar-refractivity contribution in [1.29, 1.82) is 0 Å². The standard InChI is InChI=1S/C51H88N5O10P/c1-5-8-10-12-14-16-17-18-19-21-22-24-26-33-46(57)55-45(50(60)52-35-30-37-64-47(58)34-27-25-23-20-15-13-11-9-6-2)40-66-67(62,63)65-38-36-53-51(61)48(41(4)7-3)56-49(59)43-39-54-44-32-29-28-31-42(43)44/h28-29,31-32,39,41,45,48,54H,5-27,30,33-38,40H2,1-4H3,(H,52,60)(H,53,61)(H,55,57)(H,56,59)(H,62,63)/t41-,45-,48-/m0/s1. The number of amides is 4. The number of carbonyl (C=O) groups is 5. The van der Waals surface area contributed by atoms with Crippen molar-refractivity contribution in [1.82, 2.24) is 26.3 Å². The van der Waals surface area contributed by atoms with Crippen molar-refractivity contribution in [2.75, 3.05) is 32.9 Å². The Balaban J connectivity index is 1.82. The van der Waals surface area contributed by atoms with E-state index < -0.39 is 50.8 Å². The summed E-state index contributed by atoms with van der Waals surface area (Å²) in [6.45, 7) is 7.20. The number of fused-ring (bicyclic) bond motifs is 1. The summed E-state index contributed by atoms with van der Waals surface area (Å²) in [5.41, 5.74) is 1.19. The first kappa shape index (κ1) is 59.3. The molecule has 1 aromatic carbocycles. The molecule has 15 nitrogen and oxygen atoms in total. The highest BCUT2D eigenvalue weighted by molar-refractivity contribution is 7.47. The number of rotatable bonds is 42. The Morgan fingerprint density at radius 1 is 0.642 bits per heavy atom. The number of hydrogen-bond acceptors (Lipinski definition) is 9. The molecule has 0 spiro atoms. The molecule has 1 aromatic heterocycles. The fourth-order valence-corrected chi connectivity index (χ4v) is 8.56. The molecule has 67 heavy (non-hydrogen) atoms. The van der Waals surface area contributed by atoms with Crippen LogP contribution in [0.4, 0.5) is 0 Å². The molecule has 1 unspecified atom stereocenters. The second-order valence-electron chi connectivity index (χ2n) is 18.0. The lowest BCUT2D eigenvalue weighted by Gasteiger charge is -2.23. The van der Waals surface area contributed by atoms with E-state index in [0.717, 1.165) is 49.4 Å². The van der Waals surface area contributed by atoms with E-state index >= 15 is 0 Å². The monoisotopic (exact) mass is 962 g/mol. The summed E-state index contributed by atoms with van der Waals surface area (Å²) in [6, 6.07) is 5.16. The van der Waals surface area contributed by atoms with Crippen LogP contribution in [-0.4, -0.2) is 84.5 Å². The molecule has 4 atom stereocenters. The van der Waals surface area contributed by atoms with Gasteiger partial charge in [-0.15, -0.1) is 0 Å². The zero-order valence-corrected chi connectivity index (χ0v) is 42.5. The van der Waals surface area contributed by atoms with Crippen molar-refractivity contribution in [3.05, 3.63) is 36.0 Å². The van der Waals surface area contributed by atoms with Gasteiger partial charge in [0.15, 0.2) is 0 Å². The summed E-state index contributed by atoms with van der Waals surface area (Å²) in [5, 5.41) is 11.6. The van der Waals surface area contributed by atoms with Crippen LogP contribution in [0.25, 0.3) is 10.9 Å². The van der Waals surface area contributed by atoms with Gasteiger partial charge in [-0.25, -0.2) is 4.57 Å². The van der Waals surface area contributed by atoms with Gasteiger partial charge in [0.1, 0.15) is 12.1 Å². The van der Waals surface area contributed by atoms with Gasteiger partial charge < -0.3 is 35.9 Å². The van der Waals surface area contributed by atoms with Crippen molar-refractivity contribution in [2.45, 2.75) is 207 Å². The highest BCUT2D eigenvalue weighted by Gasteiger charge is 2.30. The van der Waals surface area contributed by atoms with E-state index in [1.165, 1.54) is 96.3 Å². The fourth-order valence-electron chi connectivity index (χ4n) is 7.83. The summed E-state index contributed by atoms with van der Waals surface area (Å²) in [4.78, 5) is 78.5. The maximum atomic E-state index is 13.3. The lowest BCUT2D eigenvalue weighted by atomic mass is 9.98. The number of unbranched alkanes of at least 4 members (excludes halogenated alkanes) is 20. The molecule has 0 radical (unpaired) electrons. The van der Waals surface area contributed by atoms with Crippen LogP contribution in [0.1, 0.15) is 205 Å². The number of carbonyl (C=O) groups excluding carboxylic acids is 5. The molecular formula is C51H88N5O10P. The molecule has 0 aliphatic carbocycles. The molecule has 0 saturated carbocycles. The number of nitrogens with one attached hydrogen (secondary N) is 5. The first-order valence-electron chi connectivity index (χ1n) is 25.9. The quantitative estimate of drug-likeness (QED) is 0.0210. The Morgan fingerprint density at radius 2 is 1.18 bits per heavy atom. The number of phosphoric acid groups is 1. The first-order chi connectivity index (χ1) is 32.4. The van der Waals surface area contributed by atoms with Crippen molar-refractivity contribution in [2.24, 2.45) is 5.92 Å². The number of para-hydroxylation sites is 1. The summed E-state index contributed by atoms with van der Waals surface area (Å²) in [6.07, 6.45) is 28.6. The predicted octanol–water partition coefficient (Wildman–Crippen LogP) is 10.5. The van der Waals surface area contributed by atoms with E-state index in [2.05, 4.69) is 40.1 Å². The molecule has 0 aliphatic heterocycles. The van der Waals surface area contributed by atoms with Crippen molar-refractivity contribution in [3.63, 3.8) is 0 Å². The maximum Gasteiger partial charge on any atom is 0.472 e. The third-order valence-corrected chi connectivity index (χ3v) is 13.2. The van der Waals surface area contributed by atoms with Gasteiger partial charge in [0, 0.05) is 43.0 Å². The Bertz CT molecular complexity index is 1720. The number of ether oxygens (including phenoxy) is 1. The lowest BCUT2D eigenvalue weighted by Crippen LogP contribution is -2.50. The van der Waals surface area contributed by atoms with Crippen LogP contribution in [0, 0.1) is 5.92 Å². The predicted molar refractivity (Wildman–Crippen MR) is 266 cm³/mol. The minimum absolute atomic E-state index is 0.119. The minimum atomic E-state index is -4.75. The third-order valence-electron chi connectivity index (χ3n) is 12.2. The molecule has 6 N–H and O–H groups in total. The normalized spacial score (nSPS) is 13.6. The molecule has 382 valence electrons. The van der Waals surface area contributed by atoms with Crippen molar-refractivity contribution >= 4 is 48.3 Å². The van der Waals surface area contributed by atoms with Gasteiger partial charge in [-0.2, -0.15) is 0 Å². The van der Waals surface area contributed by atoms with Crippen molar-refractivity contribution < 1.29 is 47.2 Å². The number of aromatic amines is 1. The van der Waals surface area contributed by atoms with E-state index in [1.807, 2.05) is 38.1 Å². The average molecular weight is 962 g/mol. The Labute approximate surface area is 402 Å². The van der Waals surface area contributed by atoms with Crippen LogP contribution in [0.2, 0.25) is 0 Å². The van der Waals surface area contributed by atoms with Crippen LogP contribution < -0.4 is 21.3 Å². The molecule has 1 heterocycles. The summed E-state index contributed by atoms with van der Waals surface area (Å²) in [5.74, 6) is -2.42. The van der Waals surface area contributed by atoms with Crippen LogP contribution in [0.15, 0.2) is 30.5 Å². The molecule has 16 heteroatoms. The highest BCUT2D eigenvalue weighted by atomic mass is 31.2. The summed E-state index contributed by atoms with van der Waals surface area (Å²) in [7, 11) is -4.75. The summed E-state index contributed by atoms with van der Waals surface area (Å²) >= 11 is 0. The number of hydrogen-bond donors (Lipinski definition) is 6. The number of esters is 1. The number of H-pyrrole nitrogens is 1. The van der Waals surface area contributed by atoms with Gasteiger partial charge >= 0.3 is 13.8 Å². The van der Waals surface area contributed by atoms with Gasteiger partial charge in [-0.3, -0.25) is 33.0 Å². The van der Waals surface area contributed by atoms with E-state index in [9.17, 15) is 33.4 Å². The van der Waals surface area contributed by atoms with E-state index in [-0.39, 0.29) is 43.9 Å². The van der Waals surface area contributed by atoms with Gasteiger partial charge in [0.05, 0.1) is 25.4 Å². The Kier molecular flexibility index (Phi) is 32.9. The largest absolute Gasteiger partial charge is 0.472 e. The molecule has 0 bridgehead atoms. The summed E-state index contributed by atoms with van der Waals surface area (Å²) < 4.78 is 28.6. The van der Waals surface area contributed by atoms with Crippen LogP contribution >= 0.6 is 7.82 Å². The maximum absolute atomic E-state index is 13.3. The Hall–Kier alpha value is -3.78. The van der Waals surface area contributed by atoms with Crippen LogP contribution in [0.5, 0.6) is 0 Å². The first-order valence-corrected chi connectivity index (χ1v) is 27.4. The van der Waals surface area contributed by atoms with Gasteiger partial charge in [-0.1, -0.05) is 181 Å². The lowest BCUT2D eigenvalue weighted by molar-refractivity contribution is -0.143. The number of phosphoric ester groups is 1. The minimum Gasteiger partial charge on any atom is -0.466 e. The highest BCUT2D eigenvalue weighted by Crippen LogP contribution is 2.43. The van der Waals surface area contributed by atoms with Gasteiger partial charge in [0.25, 0.3) is 5.91 Å². The number of aromatic nitrogens is 1. The third kappa shape index (κ3) is 27.7. The molecule has 0 aliphatic rings. The molecule has 0 saturated heterocycles. The van der Waals surface area contributed by atoms with Crippen LogP contribution in [-0.2, 0) is 37.5 Å². The second kappa shape index (κ2) is 37.2. The Morgan fingerprint density at radius 3 is 1.76 bits per heavy atom. The SMILES string of the molecule is CCCCCCCCCCCCCCCC(=O)N[C@@H](COP(=O)(O)OCCNC(=O)[C@@H](NC(=O)c1c[nH]c2ccccc12)[C@@H](C)CC)C(=O)NCCCOC(=O)CCCCCCCCCCC. The zero-order valence-electron chi connectivity index (χ0n) is 41.6. The smallest absolute Gasteiger partial charge is 0.466 e. The van der Waals surface area contributed by atoms with E-state index in [4.69, 9.17) is 13.8 Å². The van der Waals surface area contributed by atoms with Crippen molar-refractivity contribution in [3.8, 4) is 0 Å². The zero-order chi connectivity index (χ0) is 49.0. The average Bonchev–Trinajstić information content (AvgIpc) is 3.76. The molecule has 0 fully saturated rings. The molecule has 4 amide bonds. The second-order valence-corrected chi connectivity index (χ2v) is 19.5. The van der Waals surface area contributed by atoms with Gasteiger partial charge in [0.2, 0.25) is 17.7 Å². The number of benzene rings is 1. The molecular weight excluding hydrogens is 874 g/mol. The van der Waals surface area contributed by atoms with Gasteiger partial charge in [-0.05, 0) is 31.2 Å². The molecule has 2 rings (SSSR count). The fraction of sp³-hybridized carbons (Fsp3) is 0.745. The topological polar surface area (TPSA) is 214 Å². The van der Waals surface area contributed by atoms with E-state index in [1.54, 1.807) is 6.20 Å².